The molecule has 4 heteroatoms. The number of rotatable bonds is 4. The van der Waals surface area contributed by atoms with Crippen molar-refractivity contribution in [3.63, 3.8) is 0 Å². The van der Waals surface area contributed by atoms with Crippen LogP contribution in [0.4, 0.5) is 0 Å². The Labute approximate surface area is 132 Å². The molecule has 0 amide bonds. The van der Waals surface area contributed by atoms with Gasteiger partial charge in [-0.3, -0.25) is 0 Å². The van der Waals surface area contributed by atoms with Gasteiger partial charge in [-0.1, -0.05) is 18.5 Å². The van der Waals surface area contributed by atoms with E-state index < -0.39 is 0 Å². The highest BCUT2D eigenvalue weighted by atomic mass is 79.9. The maximum Gasteiger partial charge on any atom is 0.0887 e. The summed E-state index contributed by atoms with van der Waals surface area (Å²) in [7, 11) is 0. The van der Waals surface area contributed by atoms with Crippen molar-refractivity contribution >= 4 is 38.9 Å². The molecule has 0 spiro atoms. The molecule has 0 radical (unpaired) electrons. The van der Waals surface area contributed by atoms with Gasteiger partial charge >= 0.3 is 0 Å². The fraction of sp³-hybridized carbons (Fsp3) is 0.733. The van der Waals surface area contributed by atoms with Gasteiger partial charge in [0.1, 0.15) is 0 Å². The molecule has 0 saturated heterocycles. The molecule has 1 nitrogen and oxygen atoms in total. The van der Waals surface area contributed by atoms with Crippen LogP contribution in [0.1, 0.15) is 37.1 Å². The predicted molar refractivity (Wildman–Crippen MR) is 84.7 cm³/mol. The fourth-order valence-corrected chi connectivity index (χ4v) is 6.88. The minimum Gasteiger partial charge on any atom is -0.309 e. The summed E-state index contributed by atoms with van der Waals surface area (Å²) in [6.07, 6.45) is 4.52. The molecule has 0 aliphatic heterocycles. The first-order valence-electron chi connectivity index (χ1n) is 7.38. The average molecular weight is 361 g/mol. The van der Waals surface area contributed by atoms with Crippen molar-refractivity contribution in [1.82, 2.24) is 5.32 Å². The Morgan fingerprint density at radius 1 is 1.42 bits per heavy atom. The van der Waals surface area contributed by atoms with Gasteiger partial charge < -0.3 is 5.32 Å². The maximum absolute atomic E-state index is 6.22. The standard InChI is InChI=1S/C15H19BrClNS/c1-2-18-14(10-6-9(17)15(16)19-10)13-11-7-3-4-8(5-7)12(11)13/h6-8,11-14,18H,2-5H2,1H3. The minimum absolute atomic E-state index is 0.539. The van der Waals surface area contributed by atoms with Gasteiger partial charge in [-0.05, 0) is 77.4 Å². The van der Waals surface area contributed by atoms with E-state index in [0.717, 1.165) is 44.9 Å². The summed E-state index contributed by atoms with van der Waals surface area (Å²) < 4.78 is 1.08. The van der Waals surface area contributed by atoms with E-state index in [1.165, 1.54) is 24.1 Å². The molecule has 3 aliphatic rings. The summed E-state index contributed by atoms with van der Waals surface area (Å²) in [6.45, 7) is 3.26. The van der Waals surface area contributed by atoms with E-state index in [9.17, 15) is 0 Å². The molecular weight excluding hydrogens is 342 g/mol. The molecule has 1 aromatic rings. The summed E-state index contributed by atoms with van der Waals surface area (Å²) in [6, 6.07) is 2.71. The molecule has 2 bridgehead atoms. The predicted octanol–water partition coefficient (Wildman–Crippen LogP) is 5.11. The zero-order valence-corrected chi connectivity index (χ0v) is 14.2. The number of nitrogens with one attached hydrogen (secondary N) is 1. The Bertz CT molecular complexity index is 467. The zero-order chi connectivity index (χ0) is 13.1. The number of fused-ring (bicyclic) bond motifs is 5. The van der Waals surface area contributed by atoms with E-state index in [4.69, 9.17) is 11.6 Å². The Balaban J connectivity index is 1.60. The Kier molecular flexibility index (Phi) is 3.26. The highest BCUT2D eigenvalue weighted by Gasteiger charge is 2.66. The van der Waals surface area contributed by atoms with Crippen molar-refractivity contribution < 1.29 is 0 Å². The monoisotopic (exact) mass is 359 g/mol. The fourth-order valence-electron chi connectivity index (χ4n) is 5.00. The van der Waals surface area contributed by atoms with E-state index in [0.29, 0.717) is 6.04 Å². The van der Waals surface area contributed by atoms with Crippen LogP contribution >= 0.6 is 38.9 Å². The largest absolute Gasteiger partial charge is 0.309 e. The summed E-state index contributed by atoms with van der Waals surface area (Å²) in [5, 5.41) is 4.60. The summed E-state index contributed by atoms with van der Waals surface area (Å²) in [4.78, 5) is 1.43. The van der Waals surface area contributed by atoms with Crippen LogP contribution < -0.4 is 5.32 Å². The lowest BCUT2D eigenvalue weighted by Crippen LogP contribution is -2.24. The smallest absolute Gasteiger partial charge is 0.0887 e. The highest BCUT2D eigenvalue weighted by molar-refractivity contribution is 9.11. The van der Waals surface area contributed by atoms with Crippen LogP contribution in [0, 0.1) is 29.6 Å². The van der Waals surface area contributed by atoms with Crippen molar-refractivity contribution in [2.24, 2.45) is 29.6 Å². The number of thiophene rings is 1. The molecule has 104 valence electrons. The second-order valence-corrected chi connectivity index (χ2v) is 9.18. The van der Waals surface area contributed by atoms with Crippen LogP contribution in [0.15, 0.2) is 9.85 Å². The molecule has 3 aliphatic carbocycles. The SMILES string of the molecule is CCNC(c1cc(Cl)c(Br)s1)C1C2C3CCC(C3)C21. The number of halogens is 2. The van der Waals surface area contributed by atoms with Crippen LogP contribution in [-0.2, 0) is 0 Å². The molecule has 19 heavy (non-hydrogen) atoms. The van der Waals surface area contributed by atoms with Crippen LogP contribution in [0.25, 0.3) is 0 Å². The third-order valence-electron chi connectivity index (χ3n) is 5.57. The van der Waals surface area contributed by atoms with Crippen LogP contribution in [0.5, 0.6) is 0 Å². The molecule has 0 aromatic carbocycles. The van der Waals surface area contributed by atoms with Gasteiger partial charge in [0.15, 0.2) is 0 Å². The van der Waals surface area contributed by atoms with Gasteiger partial charge in [0, 0.05) is 10.9 Å². The molecule has 1 heterocycles. The quantitative estimate of drug-likeness (QED) is 0.787. The Morgan fingerprint density at radius 3 is 2.63 bits per heavy atom. The first-order chi connectivity index (χ1) is 9.20. The highest BCUT2D eigenvalue weighted by Crippen LogP contribution is 2.72. The zero-order valence-electron chi connectivity index (χ0n) is 11.0. The molecule has 5 atom stereocenters. The first kappa shape index (κ1) is 13.1. The lowest BCUT2D eigenvalue weighted by molar-refractivity contribution is 0.378. The van der Waals surface area contributed by atoms with E-state index in [-0.39, 0.29) is 0 Å². The van der Waals surface area contributed by atoms with Crippen molar-refractivity contribution in [1.29, 1.82) is 0 Å². The molecule has 3 saturated carbocycles. The van der Waals surface area contributed by atoms with Crippen molar-refractivity contribution in [3.05, 3.63) is 19.8 Å². The van der Waals surface area contributed by atoms with Gasteiger partial charge in [-0.25, -0.2) is 0 Å². The first-order valence-corrected chi connectivity index (χ1v) is 9.37. The number of hydrogen-bond donors (Lipinski definition) is 1. The molecule has 4 rings (SSSR count). The van der Waals surface area contributed by atoms with Crippen LogP contribution in [0.3, 0.4) is 0 Å². The lowest BCUT2D eigenvalue weighted by Gasteiger charge is -2.20. The topological polar surface area (TPSA) is 12.0 Å². The Morgan fingerprint density at radius 2 is 2.11 bits per heavy atom. The van der Waals surface area contributed by atoms with Crippen molar-refractivity contribution in [2.45, 2.75) is 32.2 Å². The van der Waals surface area contributed by atoms with Gasteiger partial charge in [-0.2, -0.15) is 0 Å². The van der Waals surface area contributed by atoms with Gasteiger partial charge in [0.2, 0.25) is 0 Å². The Hall–Kier alpha value is 0.430. The van der Waals surface area contributed by atoms with Gasteiger partial charge in [0.05, 0.1) is 8.81 Å². The normalized spacial score (nSPS) is 40.5. The second kappa shape index (κ2) is 4.72. The average Bonchev–Trinajstić information content (AvgIpc) is 2.72. The summed E-state index contributed by atoms with van der Waals surface area (Å²) >= 11 is 11.6. The minimum atomic E-state index is 0.539. The van der Waals surface area contributed by atoms with E-state index in [1.54, 1.807) is 0 Å². The van der Waals surface area contributed by atoms with Crippen molar-refractivity contribution in [2.75, 3.05) is 6.54 Å². The van der Waals surface area contributed by atoms with Gasteiger partial charge in [-0.15, -0.1) is 11.3 Å². The van der Waals surface area contributed by atoms with E-state index in [2.05, 4.69) is 34.2 Å². The van der Waals surface area contributed by atoms with E-state index >= 15 is 0 Å². The third kappa shape index (κ3) is 1.96. The van der Waals surface area contributed by atoms with E-state index in [1.807, 2.05) is 11.3 Å². The lowest BCUT2D eigenvalue weighted by atomic mass is 9.96. The number of hydrogen-bond acceptors (Lipinski definition) is 2. The molecular formula is C15H19BrClNS. The summed E-state index contributed by atoms with van der Waals surface area (Å²) in [5.74, 6) is 5.00. The molecule has 5 unspecified atom stereocenters. The summed E-state index contributed by atoms with van der Waals surface area (Å²) in [5.41, 5.74) is 0. The maximum atomic E-state index is 6.22. The van der Waals surface area contributed by atoms with Crippen molar-refractivity contribution in [3.8, 4) is 0 Å². The second-order valence-electron chi connectivity index (χ2n) is 6.37. The molecule has 3 fully saturated rings. The third-order valence-corrected chi connectivity index (χ3v) is 8.13. The molecule has 1 aromatic heterocycles. The van der Waals surface area contributed by atoms with Crippen LogP contribution in [0.2, 0.25) is 5.02 Å². The van der Waals surface area contributed by atoms with Crippen LogP contribution in [-0.4, -0.2) is 6.54 Å². The van der Waals surface area contributed by atoms with Gasteiger partial charge in [0.25, 0.3) is 0 Å². The molecule has 1 N–H and O–H groups in total.